The lowest BCUT2D eigenvalue weighted by atomic mass is 10.0. The first-order valence-corrected chi connectivity index (χ1v) is 6.93. The molecule has 0 aliphatic heterocycles. The summed E-state index contributed by atoms with van der Waals surface area (Å²) in [5.41, 5.74) is 4.54. The van der Waals surface area contributed by atoms with Gasteiger partial charge in [0.15, 0.2) is 0 Å². The predicted octanol–water partition coefficient (Wildman–Crippen LogP) is 3.08. The van der Waals surface area contributed by atoms with Crippen LogP contribution in [0.5, 0.6) is 5.75 Å². The van der Waals surface area contributed by atoms with Crippen LogP contribution in [0.2, 0.25) is 5.02 Å². The van der Waals surface area contributed by atoms with Gasteiger partial charge in [0.05, 0.1) is 23.4 Å². The van der Waals surface area contributed by atoms with Crippen LogP contribution >= 0.6 is 11.6 Å². The van der Waals surface area contributed by atoms with Crippen molar-refractivity contribution in [1.29, 1.82) is 0 Å². The van der Waals surface area contributed by atoms with E-state index >= 15 is 0 Å². The number of pyridine rings is 1. The Bertz CT molecular complexity index is 545. The standard InChI is InChI=1S/C15H18ClN3O/c1-2-9-20-14-6-4-3-5-12(14)15(19-17)13-8-7-11(16)10-18-13/h3-8,10,15,19H,2,9,17H2,1H3. The molecule has 1 aromatic carbocycles. The molecule has 4 nitrogen and oxygen atoms in total. The first kappa shape index (κ1) is 14.8. The number of hydrogen-bond acceptors (Lipinski definition) is 4. The zero-order valence-electron chi connectivity index (χ0n) is 11.3. The van der Waals surface area contributed by atoms with E-state index in [4.69, 9.17) is 22.2 Å². The Morgan fingerprint density at radius 3 is 2.75 bits per heavy atom. The van der Waals surface area contributed by atoms with E-state index in [1.165, 1.54) is 0 Å². The molecule has 3 N–H and O–H groups in total. The predicted molar refractivity (Wildman–Crippen MR) is 80.6 cm³/mol. The zero-order chi connectivity index (χ0) is 14.4. The zero-order valence-corrected chi connectivity index (χ0v) is 12.1. The molecule has 1 heterocycles. The summed E-state index contributed by atoms with van der Waals surface area (Å²) >= 11 is 5.87. The van der Waals surface area contributed by atoms with Gasteiger partial charge in [0.1, 0.15) is 5.75 Å². The third-order valence-corrected chi connectivity index (χ3v) is 3.13. The highest BCUT2D eigenvalue weighted by atomic mass is 35.5. The number of aromatic nitrogens is 1. The average Bonchev–Trinajstić information content (AvgIpc) is 2.49. The van der Waals surface area contributed by atoms with Gasteiger partial charge in [0.25, 0.3) is 0 Å². The summed E-state index contributed by atoms with van der Waals surface area (Å²) in [6, 6.07) is 11.2. The van der Waals surface area contributed by atoms with E-state index in [1.54, 1.807) is 12.3 Å². The molecular weight excluding hydrogens is 274 g/mol. The maximum atomic E-state index is 5.87. The van der Waals surface area contributed by atoms with Crippen LogP contribution in [0.15, 0.2) is 42.6 Å². The highest BCUT2D eigenvalue weighted by Gasteiger charge is 2.17. The monoisotopic (exact) mass is 291 g/mol. The molecule has 2 aromatic rings. The number of nitrogens with two attached hydrogens (primary N) is 1. The van der Waals surface area contributed by atoms with Crippen molar-refractivity contribution in [2.75, 3.05) is 6.61 Å². The maximum Gasteiger partial charge on any atom is 0.124 e. The Morgan fingerprint density at radius 1 is 1.30 bits per heavy atom. The molecule has 1 aromatic heterocycles. The van der Waals surface area contributed by atoms with Gasteiger partial charge < -0.3 is 4.74 Å². The molecule has 1 unspecified atom stereocenters. The van der Waals surface area contributed by atoms with Crippen LogP contribution in [0.1, 0.15) is 30.6 Å². The topological polar surface area (TPSA) is 60.2 Å². The van der Waals surface area contributed by atoms with Crippen LogP contribution in [0.25, 0.3) is 0 Å². The van der Waals surface area contributed by atoms with Gasteiger partial charge in [-0.15, -0.1) is 0 Å². The minimum absolute atomic E-state index is 0.236. The van der Waals surface area contributed by atoms with Crippen molar-refractivity contribution < 1.29 is 4.74 Å². The van der Waals surface area contributed by atoms with E-state index in [2.05, 4.69) is 17.3 Å². The van der Waals surface area contributed by atoms with Crippen molar-refractivity contribution in [3.8, 4) is 5.75 Å². The molecular formula is C15H18ClN3O. The van der Waals surface area contributed by atoms with Crippen molar-refractivity contribution in [1.82, 2.24) is 10.4 Å². The van der Waals surface area contributed by atoms with Crippen LogP contribution in [-0.4, -0.2) is 11.6 Å². The fourth-order valence-electron chi connectivity index (χ4n) is 1.95. The number of rotatable bonds is 6. The molecule has 0 aliphatic rings. The van der Waals surface area contributed by atoms with Crippen molar-refractivity contribution in [3.05, 3.63) is 58.9 Å². The van der Waals surface area contributed by atoms with E-state index in [0.29, 0.717) is 11.6 Å². The van der Waals surface area contributed by atoms with Gasteiger partial charge in [0.2, 0.25) is 0 Å². The lowest BCUT2D eigenvalue weighted by molar-refractivity contribution is 0.311. The van der Waals surface area contributed by atoms with Crippen LogP contribution in [0.3, 0.4) is 0 Å². The van der Waals surface area contributed by atoms with E-state index < -0.39 is 0 Å². The molecule has 0 spiro atoms. The highest BCUT2D eigenvalue weighted by molar-refractivity contribution is 6.30. The number of nitrogens with one attached hydrogen (secondary N) is 1. The van der Waals surface area contributed by atoms with Crippen LogP contribution in [-0.2, 0) is 0 Å². The molecule has 5 heteroatoms. The van der Waals surface area contributed by atoms with Gasteiger partial charge in [-0.3, -0.25) is 10.8 Å². The van der Waals surface area contributed by atoms with E-state index in [-0.39, 0.29) is 6.04 Å². The normalized spacial score (nSPS) is 12.2. The molecule has 0 fully saturated rings. The number of benzene rings is 1. The molecule has 106 valence electrons. The summed E-state index contributed by atoms with van der Waals surface area (Å²) in [5.74, 6) is 6.51. The Balaban J connectivity index is 2.33. The molecule has 0 amide bonds. The van der Waals surface area contributed by atoms with E-state index in [1.807, 2.05) is 30.3 Å². The van der Waals surface area contributed by atoms with Crippen LogP contribution in [0, 0.1) is 0 Å². The number of hydrogen-bond donors (Lipinski definition) is 2. The highest BCUT2D eigenvalue weighted by Crippen LogP contribution is 2.29. The molecule has 0 aliphatic carbocycles. The minimum atomic E-state index is -0.236. The van der Waals surface area contributed by atoms with Crippen molar-refractivity contribution in [2.24, 2.45) is 5.84 Å². The number of halogens is 1. The SMILES string of the molecule is CCCOc1ccccc1C(NN)c1ccc(Cl)cn1. The summed E-state index contributed by atoms with van der Waals surface area (Å²) in [7, 11) is 0. The van der Waals surface area contributed by atoms with Gasteiger partial charge in [-0.05, 0) is 24.6 Å². The van der Waals surface area contributed by atoms with Gasteiger partial charge in [-0.1, -0.05) is 36.7 Å². The van der Waals surface area contributed by atoms with Crippen LogP contribution < -0.4 is 16.0 Å². The first-order valence-electron chi connectivity index (χ1n) is 6.55. The fraction of sp³-hybridized carbons (Fsp3) is 0.267. The summed E-state index contributed by atoms with van der Waals surface area (Å²) in [6.07, 6.45) is 2.56. The number of para-hydroxylation sites is 1. The van der Waals surface area contributed by atoms with E-state index in [0.717, 1.165) is 23.4 Å². The molecule has 1 atom stereocenters. The van der Waals surface area contributed by atoms with Gasteiger partial charge in [0, 0.05) is 11.8 Å². The summed E-state index contributed by atoms with van der Waals surface area (Å²) in [6.45, 7) is 2.74. The van der Waals surface area contributed by atoms with Gasteiger partial charge in [-0.25, -0.2) is 5.43 Å². The number of hydrazine groups is 1. The van der Waals surface area contributed by atoms with Crippen molar-refractivity contribution in [3.63, 3.8) is 0 Å². The number of ether oxygens (including phenoxy) is 1. The Labute approximate surface area is 123 Å². The Morgan fingerprint density at radius 2 is 2.10 bits per heavy atom. The molecule has 0 bridgehead atoms. The maximum absolute atomic E-state index is 5.87. The van der Waals surface area contributed by atoms with Crippen molar-refractivity contribution in [2.45, 2.75) is 19.4 Å². The first-order chi connectivity index (χ1) is 9.76. The molecule has 0 radical (unpaired) electrons. The molecule has 0 saturated carbocycles. The third kappa shape index (κ3) is 3.48. The third-order valence-electron chi connectivity index (χ3n) is 2.90. The largest absolute Gasteiger partial charge is 0.493 e. The second kappa shape index (κ2) is 7.24. The fourth-order valence-corrected chi connectivity index (χ4v) is 2.07. The lowest BCUT2D eigenvalue weighted by Crippen LogP contribution is -2.29. The van der Waals surface area contributed by atoms with E-state index in [9.17, 15) is 0 Å². The van der Waals surface area contributed by atoms with Crippen molar-refractivity contribution >= 4 is 11.6 Å². The smallest absolute Gasteiger partial charge is 0.124 e. The molecule has 2 rings (SSSR count). The van der Waals surface area contributed by atoms with Gasteiger partial charge >= 0.3 is 0 Å². The summed E-state index contributed by atoms with van der Waals surface area (Å²) in [4.78, 5) is 4.32. The minimum Gasteiger partial charge on any atom is -0.493 e. The summed E-state index contributed by atoms with van der Waals surface area (Å²) in [5, 5.41) is 0.597. The number of nitrogens with zero attached hydrogens (tertiary/aromatic N) is 1. The molecule has 20 heavy (non-hydrogen) atoms. The lowest BCUT2D eigenvalue weighted by Gasteiger charge is -2.19. The molecule has 0 saturated heterocycles. The second-order valence-corrected chi connectivity index (χ2v) is 4.82. The van der Waals surface area contributed by atoms with Gasteiger partial charge in [-0.2, -0.15) is 0 Å². The second-order valence-electron chi connectivity index (χ2n) is 4.39. The summed E-state index contributed by atoms with van der Waals surface area (Å²) < 4.78 is 5.76. The Hall–Kier alpha value is -1.62. The van der Waals surface area contributed by atoms with Crippen LogP contribution in [0.4, 0.5) is 0 Å². The average molecular weight is 292 g/mol. The Kier molecular flexibility index (Phi) is 5.35. The quantitative estimate of drug-likeness (QED) is 0.634.